The van der Waals surface area contributed by atoms with Crippen molar-refractivity contribution < 1.29 is 4.79 Å². The van der Waals surface area contributed by atoms with Gasteiger partial charge >= 0.3 is 0 Å². The minimum absolute atomic E-state index is 0.165. The SMILES string of the molecule is CC(C)(C)c1ccc(CCNC(=O)C2CCNC2)cc1. The first-order valence-corrected chi connectivity index (χ1v) is 7.54. The lowest BCUT2D eigenvalue weighted by Crippen LogP contribution is -2.33. The fourth-order valence-electron chi connectivity index (χ4n) is 2.52. The summed E-state index contributed by atoms with van der Waals surface area (Å²) in [6.45, 7) is 9.18. The van der Waals surface area contributed by atoms with Crippen LogP contribution >= 0.6 is 0 Å². The van der Waals surface area contributed by atoms with Crippen molar-refractivity contribution in [3.63, 3.8) is 0 Å². The zero-order valence-corrected chi connectivity index (χ0v) is 12.8. The monoisotopic (exact) mass is 274 g/mol. The van der Waals surface area contributed by atoms with Crippen LogP contribution in [0.1, 0.15) is 38.3 Å². The highest BCUT2D eigenvalue weighted by Crippen LogP contribution is 2.22. The van der Waals surface area contributed by atoms with Crippen molar-refractivity contribution in [3.05, 3.63) is 35.4 Å². The maximum Gasteiger partial charge on any atom is 0.224 e. The third kappa shape index (κ3) is 4.07. The largest absolute Gasteiger partial charge is 0.355 e. The predicted molar refractivity (Wildman–Crippen MR) is 82.8 cm³/mol. The van der Waals surface area contributed by atoms with Gasteiger partial charge in [0.1, 0.15) is 0 Å². The molecule has 3 heteroatoms. The summed E-state index contributed by atoms with van der Waals surface area (Å²) in [7, 11) is 0. The summed E-state index contributed by atoms with van der Waals surface area (Å²) in [6.07, 6.45) is 1.86. The number of hydrogen-bond donors (Lipinski definition) is 2. The number of carbonyl (C=O) groups is 1. The Morgan fingerprint density at radius 1 is 1.30 bits per heavy atom. The smallest absolute Gasteiger partial charge is 0.224 e. The van der Waals surface area contributed by atoms with Gasteiger partial charge in [-0.3, -0.25) is 4.79 Å². The lowest BCUT2D eigenvalue weighted by Gasteiger charge is -2.19. The highest BCUT2D eigenvalue weighted by molar-refractivity contribution is 5.79. The molecule has 1 unspecified atom stereocenters. The summed E-state index contributed by atoms with van der Waals surface area (Å²) in [4.78, 5) is 11.9. The molecule has 20 heavy (non-hydrogen) atoms. The van der Waals surface area contributed by atoms with E-state index in [0.29, 0.717) is 0 Å². The van der Waals surface area contributed by atoms with Gasteiger partial charge in [-0.1, -0.05) is 45.0 Å². The van der Waals surface area contributed by atoms with Crippen LogP contribution in [-0.4, -0.2) is 25.5 Å². The van der Waals surface area contributed by atoms with Crippen molar-refractivity contribution >= 4 is 5.91 Å². The van der Waals surface area contributed by atoms with Gasteiger partial charge in [0.05, 0.1) is 5.92 Å². The number of nitrogens with one attached hydrogen (secondary N) is 2. The van der Waals surface area contributed by atoms with E-state index in [4.69, 9.17) is 0 Å². The molecule has 1 atom stereocenters. The van der Waals surface area contributed by atoms with Crippen LogP contribution in [0.2, 0.25) is 0 Å². The maximum absolute atomic E-state index is 11.9. The van der Waals surface area contributed by atoms with Crippen LogP contribution in [0.15, 0.2) is 24.3 Å². The summed E-state index contributed by atoms with van der Waals surface area (Å²) >= 11 is 0. The van der Waals surface area contributed by atoms with Gasteiger partial charge in [-0.15, -0.1) is 0 Å². The van der Waals surface area contributed by atoms with Gasteiger partial charge in [-0.2, -0.15) is 0 Å². The van der Waals surface area contributed by atoms with Crippen LogP contribution in [0.3, 0.4) is 0 Å². The van der Waals surface area contributed by atoms with Gasteiger partial charge < -0.3 is 10.6 Å². The molecule has 1 saturated heterocycles. The topological polar surface area (TPSA) is 41.1 Å². The lowest BCUT2D eigenvalue weighted by atomic mass is 9.86. The molecule has 110 valence electrons. The number of rotatable bonds is 4. The van der Waals surface area contributed by atoms with Crippen LogP contribution in [0.25, 0.3) is 0 Å². The van der Waals surface area contributed by atoms with Gasteiger partial charge in [0.15, 0.2) is 0 Å². The first kappa shape index (κ1) is 15.0. The molecule has 0 aliphatic carbocycles. The second kappa shape index (κ2) is 6.40. The third-order valence-corrected chi connectivity index (χ3v) is 3.96. The van der Waals surface area contributed by atoms with Gasteiger partial charge in [0.25, 0.3) is 0 Å². The first-order chi connectivity index (χ1) is 9.47. The highest BCUT2D eigenvalue weighted by atomic mass is 16.1. The molecule has 3 nitrogen and oxygen atoms in total. The normalized spacial score (nSPS) is 19.1. The molecule has 0 saturated carbocycles. The van der Waals surface area contributed by atoms with Crippen LogP contribution < -0.4 is 10.6 Å². The van der Waals surface area contributed by atoms with E-state index in [1.54, 1.807) is 0 Å². The molecule has 1 amide bonds. The van der Waals surface area contributed by atoms with Crippen LogP contribution in [0, 0.1) is 5.92 Å². The van der Waals surface area contributed by atoms with Crippen molar-refractivity contribution in [2.24, 2.45) is 5.92 Å². The van der Waals surface area contributed by atoms with Crippen molar-refractivity contribution in [3.8, 4) is 0 Å². The molecule has 1 aromatic rings. The quantitative estimate of drug-likeness (QED) is 0.884. The Morgan fingerprint density at radius 3 is 2.55 bits per heavy atom. The molecular weight excluding hydrogens is 248 g/mol. The van der Waals surface area contributed by atoms with E-state index in [1.807, 2.05) is 0 Å². The van der Waals surface area contributed by atoms with Crippen LogP contribution in [-0.2, 0) is 16.6 Å². The molecular formula is C17H26N2O. The minimum Gasteiger partial charge on any atom is -0.355 e. The zero-order chi connectivity index (χ0) is 14.6. The number of carbonyl (C=O) groups excluding carboxylic acids is 1. The van der Waals surface area contributed by atoms with Gasteiger partial charge in [0.2, 0.25) is 5.91 Å². The molecule has 1 fully saturated rings. The molecule has 1 aromatic carbocycles. The van der Waals surface area contributed by atoms with Crippen LogP contribution in [0.4, 0.5) is 0 Å². The van der Waals surface area contributed by atoms with Gasteiger partial charge in [0, 0.05) is 13.1 Å². The Morgan fingerprint density at radius 2 is 2.00 bits per heavy atom. The van der Waals surface area contributed by atoms with Crippen molar-refractivity contribution in [2.75, 3.05) is 19.6 Å². The second-order valence-corrected chi connectivity index (χ2v) is 6.68. The third-order valence-electron chi connectivity index (χ3n) is 3.96. The first-order valence-electron chi connectivity index (χ1n) is 7.54. The molecule has 0 bridgehead atoms. The lowest BCUT2D eigenvalue weighted by molar-refractivity contribution is -0.124. The zero-order valence-electron chi connectivity index (χ0n) is 12.8. The molecule has 0 spiro atoms. The molecule has 0 radical (unpaired) electrons. The summed E-state index contributed by atoms with van der Waals surface area (Å²) in [5, 5.41) is 6.26. The summed E-state index contributed by atoms with van der Waals surface area (Å²) in [6, 6.07) is 8.73. The molecule has 1 aliphatic rings. The van der Waals surface area contributed by atoms with Gasteiger partial charge in [-0.25, -0.2) is 0 Å². The fraction of sp³-hybridized carbons (Fsp3) is 0.588. The number of hydrogen-bond acceptors (Lipinski definition) is 2. The average Bonchev–Trinajstić information content (AvgIpc) is 2.92. The maximum atomic E-state index is 11.9. The average molecular weight is 274 g/mol. The van der Waals surface area contributed by atoms with Crippen molar-refractivity contribution in [1.82, 2.24) is 10.6 Å². The van der Waals surface area contributed by atoms with Crippen LogP contribution in [0.5, 0.6) is 0 Å². The minimum atomic E-state index is 0.165. The second-order valence-electron chi connectivity index (χ2n) is 6.68. The Balaban J connectivity index is 1.78. The molecule has 2 rings (SSSR count). The fourth-order valence-corrected chi connectivity index (χ4v) is 2.52. The van der Waals surface area contributed by atoms with E-state index in [-0.39, 0.29) is 17.2 Å². The Labute approximate surface area is 122 Å². The summed E-state index contributed by atoms with van der Waals surface area (Å²) < 4.78 is 0. The Bertz CT molecular complexity index is 439. The molecule has 1 heterocycles. The Kier molecular flexibility index (Phi) is 4.81. The van der Waals surface area contributed by atoms with E-state index in [1.165, 1.54) is 11.1 Å². The molecule has 2 N–H and O–H groups in total. The number of amides is 1. The van der Waals surface area contributed by atoms with E-state index in [9.17, 15) is 4.79 Å². The number of benzene rings is 1. The Hall–Kier alpha value is -1.35. The van der Waals surface area contributed by atoms with Gasteiger partial charge in [-0.05, 0) is 35.9 Å². The van der Waals surface area contributed by atoms with E-state index >= 15 is 0 Å². The standard InChI is InChI=1S/C17H26N2O/c1-17(2,3)15-6-4-13(5-7-15)8-11-19-16(20)14-9-10-18-12-14/h4-7,14,18H,8-12H2,1-3H3,(H,19,20). The molecule has 0 aromatic heterocycles. The van der Waals surface area contributed by atoms with Crippen molar-refractivity contribution in [1.29, 1.82) is 0 Å². The van der Waals surface area contributed by atoms with E-state index in [2.05, 4.69) is 55.7 Å². The highest BCUT2D eigenvalue weighted by Gasteiger charge is 2.21. The summed E-state index contributed by atoms with van der Waals surface area (Å²) in [5.74, 6) is 0.361. The molecule has 1 aliphatic heterocycles. The van der Waals surface area contributed by atoms with E-state index < -0.39 is 0 Å². The van der Waals surface area contributed by atoms with Crippen molar-refractivity contribution in [2.45, 2.75) is 39.0 Å². The predicted octanol–water partition coefficient (Wildman–Crippen LogP) is 2.25. The summed E-state index contributed by atoms with van der Waals surface area (Å²) in [5.41, 5.74) is 2.83. The van der Waals surface area contributed by atoms with E-state index in [0.717, 1.165) is 32.5 Å².